The van der Waals surface area contributed by atoms with Gasteiger partial charge in [0.15, 0.2) is 0 Å². The molecule has 1 aromatic heterocycles. The first kappa shape index (κ1) is 24.5. The molecule has 7 nitrogen and oxygen atoms in total. The summed E-state index contributed by atoms with van der Waals surface area (Å²) in [4.78, 5) is 17.0. The largest absolute Gasteiger partial charge is 0.494 e. The third-order valence-corrected chi connectivity index (χ3v) is 8.52. The minimum absolute atomic E-state index is 0.0501. The number of thioether (sulfide) groups is 1. The number of carbonyl (C=O) groups is 1. The van der Waals surface area contributed by atoms with Gasteiger partial charge in [0.2, 0.25) is 15.9 Å². The second-order valence-electron chi connectivity index (χ2n) is 7.85. The minimum Gasteiger partial charge on any atom is -0.494 e. The normalized spacial score (nSPS) is 16.0. The first-order valence-corrected chi connectivity index (χ1v) is 13.3. The van der Waals surface area contributed by atoms with Crippen LogP contribution in [-0.2, 0) is 14.8 Å². The van der Waals surface area contributed by atoms with Crippen LogP contribution >= 0.6 is 11.8 Å². The fourth-order valence-corrected chi connectivity index (χ4v) is 5.83. The van der Waals surface area contributed by atoms with Crippen LogP contribution in [0.1, 0.15) is 46.0 Å². The predicted octanol–water partition coefficient (Wildman–Crippen LogP) is 4.55. The number of sulfonamides is 1. The van der Waals surface area contributed by atoms with E-state index in [2.05, 4.69) is 10.3 Å². The van der Waals surface area contributed by atoms with E-state index < -0.39 is 15.3 Å². The molecule has 0 radical (unpaired) electrons. The summed E-state index contributed by atoms with van der Waals surface area (Å²) in [5.74, 6) is 0.594. The first-order valence-electron chi connectivity index (χ1n) is 11.0. The van der Waals surface area contributed by atoms with Crippen LogP contribution in [0, 0.1) is 0 Å². The van der Waals surface area contributed by atoms with Crippen LogP contribution in [0.15, 0.2) is 52.5 Å². The number of ether oxygens (including phenoxy) is 1. The van der Waals surface area contributed by atoms with Gasteiger partial charge in [0.1, 0.15) is 10.6 Å². The van der Waals surface area contributed by atoms with Crippen molar-refractivity contribution in [2.75, 3.05) is 19.0 Å². The molecule has 0 saturated heterocycles. The molecule has 1 saturated carbocycles. The second kappa shape index (κ2) is 11.2. The second-order valence-corrected chi connectivity index (χ2v) is 11.2. The molecule has 2 aromatic rings. The molecule has 0 aliphatic heterocycles. The lowest BCUT2D eigenvalue weighted by molar-refractivity contribution is -0.115. The summed E-state index contributed by atoms with van der Waals surface area (Å²) in [6.45, 7) is 4.29. The van der Waals surface area contributed by atoms with Gasteiger partial charge in [-0.2, -0.15) is 4.31 Å². The van der Waals surface area contributed by atoms with E-state index in [1.54, 1.807) is 38.2 Å². The highest BCUT2D eigenvalue weighted by Gasteiger charge is 2.29. The van der Waals surface area contributed by atoms with E-state index in [1.165, 1.54) is 28.7 Å². The zero-order valence-electron chi connectivity index (χ0n) is 18.8. The maximum atomic E-state index is 12.9. The molecule has 0 bridgehead atoms. The van der Waals surface area contributed by atoms with Crippen LogP contribution in [0.5, 0.6) is 5.75 Å². The van der Waals surface area contributed by atoms with Crippen LogP contribution < -0.4 is 10.1 Å². The lowest BCUT2D eigenvalue weighted by Gasteiger charge is -2.30. The Labute approximate surface area is 195 Å². The maximum Gasteiger partial charge on any atom is 0.244 e. The number of nitrogens with zero attached hydrogens (tertiary/aromatic N) is 2. The molecule has 1 aliphatic carbocycles. The molecular formula is C23H31N3O4S2. The summed E-state index contributed by atoms with van der Waals surface area (Å²) in [5.41, 5.74) is 0.686. The number of aromatic nitrogens is 1. The maximum absolute atomic E-state index is 12.9. The van der Waals surface area contributed by atoms with Crippen molar-refractivity contribution < 1.29 is 17.9 Å². The van der Waals surface area contributed by atoms with Gasteiger partial charge in [0, 0.05) is 25.0 Å². The van der Waals surface area contributed by atoms with Gasteiger partial charge in [0.25, 0.3) is 0 Å². The fourth-order valence-electron chi connectivity index (χ4n) is 3.68. The van der Waals surface area contributed by atoms with Gasteiger partial charge in [-0.15, -0.1) is 0 Å². The van der Waals surface area contributed by atoms with Gasteiger partial charge in [-0.25, -0.2) is 13.4 Å². The van der Waals surface area contributed by atoms with Gasteiger partial charge in [-0.05, 0) is 63.1 Å². The predicted molar refractivity (Wildman–Crippen MR) is 128 cm³/mol. The number of rotatable bonds is 9. The highest BCUT2D eigenvalue weighted by atomic mass is 32.2. The molecule has 1 atom stereocenters. The van der Waals surface area contributed by atoms with Gasteiger partial charge >= 0.3 is 0 Å². The highest BCUT2D eigenvalue weighted by Crippen LogP contribution is 2.28. The van der Waals surface area contributed by atoms with Crippen molar-refractivity contribution >= 4 is 33.4 Å². The van der Waals surface area contributed by atoms with Crippen molar-refractivity contribution in [2.45, 2.75) is 67.2 Å². The van der Waals surface area contributed by atoms with Crippen molar-refractivity contribution in [3.63, 3.8) is 0 Å². The molecular weight excluding hydrogens is 446 g/mol. The zero-order chi connectivity index (χ0) is 23.1. The molecule has 1 fully saturated rings. The van der Waals surface area contributed by atoms with Gasteiger partial charge < -0.3 is 10.1 Å². The van der Waals surface area contributed by atoms with Crippen LogP contribution in [0.25, 0.3) is 0 Å². The quantitative estimate of drug-likeness (QED) is 0.533. The molecule has 32 heavy (non-hydrogen) atoms. The molecule has 1 N–H and O–H groups in total. The fraction of sp³-hybridized carbons (Fsp3) is 0.478. The summed E-state index contributed by atoms with van der Waals surface area (Å²) in [7, 11) is -1.92. The van der Waals surface area contributed by atoms with E-state index in [-0.39, 0.29) is 16.8 Å². The molecule has 0 spiro atoms. The Balaban J connectivity index is 1.58. The summed E-state index contributed by atoms with van der Waals surface area (Å²) >= 11 is 1.28. The number of nitrogens with one attached hydrogen (secondary N) is 1. The lowest BCUT2D eigenvalue weighted by atomic mass is 9.96. The Bertz CT molecular complexity index is 989. The first-order chi connectivity index (χ1) is 15.3. The van der Waals surface area contributed by atoms with Crippen LogP contribution in [0.2, 0.25) is 0 Å². The summed E-state index contributed by atoms with van der Waals surface area (Å²) in [6, 6.07) is 10.5. The Morgan fingerprint density at radius 1 is 1.19 bits per heavy atom. The third kappa shape index (κ3) is 6.24. The molecule has 1 unspecified atom stereocenters. The van der Waals surface area contributed by atoms with Gasteiger partial charge in [-0.3, -0.25) is 4.79 Å². The van der Waals surface area contributed by atoms with Crippen molar-refractivity contribution in [1.29, 1.82) is 0 Å². The van der Waals surface area contributed by atoms with E-state index >= 15 is 0 Å². The van der Waals surface area contributed by atoms with Crippen LogP contribution in [0.3, 0.4) is 0 Å². The van der Waals surface area contributed by atoms with Crippen molar-refractivity contribution in [3.05, 3.63) is 42.6 Å². The van der Waals surface area contributed by atoms with Gasteiger partial charge in [-0.1, -0.05) is 31.0 Å². The number of benzene rings is 1. The van der Waals surface area contributed by atoms with Crippen molar-refractivity contribution in [1.82, 2.24) is 9.29 Å². The standard InChI is InChI=1S/C23H31N3O4S2/c1-4-30-20-12-10-18(11-13-20)25-23(27)17(2)31-22-15-14-21(16-24-22)32(28,29)26(3)19-8-6-5-7-9-19/h10-17,19H,4-9H2,1-3H3,(H,25,27). The summed E-state index contributed by atoms with van der Waals surface area (Å²) < 4.78 is 32.8. The highest BCUT2D eigenvalue weighted by molar-refractivity contribution is 8.00. The van der Waals surface area contributed by atoms with Crippen LogP contribution in [-0.4, -0.2) is 48.6 Å². The average Bonchev–Trinajstić information content (AvgIpc) is 2.81. The number of anilines is 1. The van der Waals surface area contributed by atoms with Gasteiger partial charge in [0.05, 0.1) is 16.9 Å². The minimum atomic E-state index is -3.58. The van der Waals surface area contributed by atoms with E-state index in [0.717, 1.165) is 31.4 Å². The third-order valence-electron chi connectivity index (χ3n) is 5.57. The molecule has 1 amide bonds. The number of hydrogen-bond acceptors (Lipinski definition) is 6. The molecule has 9 heteroatoms. The molecule has 1 aliphatic rings. The number of pyridine rings is 1. The van der Waals surface area contributed by atoms with Crippen LogP contribution in [0.4, 0.5) is 5.69 Å². The average molecular weight is 478 g/mol. The molecule has 174 valence electrons. The zero-order valence-corrected chi connectivity index (χ0v) is 20.4. The smallest absolute Gasteiger partial charge is 0.244 e. The Morgan fingerprint density at radius 2 is 1.88 bits per heavy atom. The summed E-state index contributed by atoms with van der Waals surface area (Å²) in [5, 5.41) is 3.07. The summed E-state index contributed by atoms with van der Waals surface area (Å²) in [6.07, 6.45) is 6.48. The van der Waals surface area contributed by atoms with E-state index in [0.29, 0.717) is 17.3 Å². The molecule has 1 heterocycles. The Kier molecular flexibility index (Phi) is 8.56. The van der Waals surface area contributed by atoms with E-state index in [1.807, 2.05) is 19.1 Å². The monoisotopic (exact) mass is 477 g/mol. The number of amides is 1. The number of carbonyl (C=O) groups excluding carboxylic acids is 1. The number of hydrogen-bond donors (Lipinski definition) is 1. The SMILES string of the molecule is CCOc1ccc(NC(=O)C(C)Sc2ccc(S(=O)(=O)N(C)C3CCCCC3)cn2)cc1. The topological polar surface area (TPSA) is 88.6 Å². The Hall–Kier alpha value is -2.10. The lowest BCUT2D eigenvalue weighted by Crippen LogP contribution is -2.38. The van der Waals surface area contributed by atoms with Crippen molar-refractivity contribution in [2.24, 2.45) is 0 Å². The molecule has 1 aromatic carbocycles. The van der Waals surface area contributed by atoms with E-state index in [9.17, 15) is 13.2 Å². The Morgan fingerprint density at radius 3 is 2.47 bits per heavy atom. The van der Waals surface area contributed by atoms with E-state index in [4.69, 9.17) is 4.74 Å². The van der Waals surface area contributed by atoms with Crippen molar-refractivity contribution in [3.8, 4) is 5.75 Å². The molecule has 3 rings (SSSR count).